The lowest BCUT2D eigenvalue weighted by molar-refractivity contribution is 0.0983. The molecular weight excluding hydrogens is 468 g/mol. The summed E-state index contributed by atoms with van der Waals surface area (Å²) in [6.07, 6.45) is 3.55. The molecule has 2 aromatic heterocycles. The van der Waals surface area contributed by atoms with Crippen molar-refractivity contribution in [3.63, 3.8) is 0 Å². The summed E-state index contributed by atoms with van der Waals surface area (Å²) in [5.74, 6) is -0.294. The number of fused-ring (bicyclic) bond motifs is 1. The topological polar surface area (TPSA) is 68.1 Å². The molecule has 168 valence electrons. The highest BCUT2D eigenvalue weighted by Gasteiger charge is 2.22. The number of hydrogen-bond donors (Lipinski definition) is 0. The van der Waals surface area contributed by atoms with Crippen LogP contribution in [0.4, 0.5) is 5.13 Å². The molecule has 3 aromatic carbocycles. The second-order valence-corrected chi connectivity index (χ2v) is 9.00. The SMILES string of the molecule is O=C(c1ccccc1)c1ccc(C(=O)N(CCn2cccn2)c2nc3c(Cl)cccc3s2)cc1. The third kappa shape index (κ3) is 4.48. The number of rotatable bonds is 7. The molecule has 1 amide bonds. The molecule has 0 bridgehead atoms. The number of ketones is 1. The maximum Gasteiger partial charge on any atom is 0.260 e. The fraction of sp³-hybridized carbons (Fsp3) is 0.0769. The number of carbonyl (C=O) groups is 2. The summed E-state index contributed by atoms with van der Waals surface area (Å²) in [6, 6.07) is 23.2. The van der Waals surface area contributed by atoms with E-state index in [1.165, 1.54) is 11.3 Å². The number of nitrogens with zero attached hydrogens (tertiary/aromatic N) is 4. The van der Waals surface area contributed by atoms with Crippen LogP contribution in [0.25, 0.3) is 10.2 Å². The predicted molar refractivity (Wildman–Crippen MR) is 135 cm³/mol. The zero-order valence-corrected chi connectivity index (χ0v) is 19.5. The smallest absolute Gasteiger partial charge is 0.260 e. The van der Waals surface area contributed by atoms with Gasteiger partial charge in [-0.2, -0.15) is 5.10 Å². The highest BCUT2D eigenvalue weighted by molar-refractivity contribution is 7.22. The van der Waals surface area contributed by atoms with Gasteiger partial charge in [0.25, 0.3) is 5.91 Å². The van der Waals surface area contributed by atoms with Crippen molar-refractivity contribution >= 4 is 50.0 Å². The van der Waals surface area contributed by atoms with E-state index in [1.807, 2.05) is 42.6 Å². The average molecular weight is 487 g/mol. The number of benzene rings is 3. The Bertz CT molecular complexity index is 1450. The van der Waals surface area contributed by atoms with Crippen LogP contribution >= 0.6 is 22.9 Å². The molecule has 5 aromatic rings. The van der Waals surface area contributed by atoms with Crippen molar-refractivity contribution in [2.75, 3.05) is 11.4 Å². The minimum atomic E-state index is -0.207. The summed E-state index contributed by atoms with van der Waals surface area (Å²) in [5, 5.41) is 5.34. The van der Waals surface area contributed by atoms with Crippen LogP contribution in [-0.4, -0.2) is 33.0 Å². The Balaban J connectivity index is 1.44. The van der Waals surface area contributed by atoms with Crippen molar-refractivity contribution in [1.82, 2.24) is 14.8 Å². The Hall–Kier alpha value is -3.81. The van der Waals surface area contributed by atoms with Crippen molar-refractivity contribution in [3.05, 3.63) is 113 Å². The van der Waals surface area contributed by atoms with Crippen LogP contribution in [-0.2, 0) is 6.54 Å². The molecule has 0 saturated carbocycles. The first-order valence-corrected chi connectivity index (χ1v) is 11.8. The molecule has 0 N–H and O–H groups in total. The molecule has 8 heteroatoms. The number of para-hydroxylation sites is 1. The van der Waals surface area contributed by atoms with E-state index in [-0.39, 0.29) is 11.7 Å². The first-order valence-electron chi connectivity index (χ1n) is 10.6. The van der Waals surface area contributed by atoms with Crippen molar-refractivity contribution in [3.8, 4) is 0 Å². The highest BCUT2D eigenvalue weighted by Crippen LogP contribution is 2.33. The lowest BCUT2D eigenvalue weighted by Crippen LogP contribution is -2.34. The van der Waals surface area contributed by atoms with Gasteiger partial charge in [0.15, 0.2) is 10.9 Å². The first-order chi connectivity index (χ1) is 16.6. The fourth-order valence-corrected chi connectivity index (χ4v) is 4.90. The van der Waals surface area contributed by atoms with Gasteiger partial charge in [-0.15, -0.1) is 0 Å². The summed E-state index contributed by atoms with van der Waals surface area (Å²) in [7, 11) is 0. The number of amides is 1. The molecule has 0 spiro atoms. The first kappa shape index (κ1) is 22.0. The van der Waals surface area contributed by atoms with E-state index >= 15 is 0 Å². The van der Waals surface area contributed by atoms with Crippen molar-refractivity contribution < 1.29 is 9.59 Å². The molecule has 0 aliphatic carbocycles. The van der Waals surface area contributed by atoms with Crippen molar-refractivity contribution in [1.29, 1.82) is 0 Å². The molecule has 0 fully saturated rings. The number of carbonyl (C=O) groups excluding carboxylic acids is 2. The van der Waals surface area contributed by atoms with Gasteiger partial charge in [-0.25, -0.2) is 4.98 Å². The summed E-state index contributed by atoms with van der Waals surface area (Å²) < 4.78 is 2.67. The van der Waals surface area contributed by atoms with Gasteiger partial charge in [-0.05, 0) is 30.3 Å². The third-order valence-corrected chi connectivity index (χ3v) is 6.73. The highest BCUT2D eigenvalue weighted by atomic mass is 35.5. The van der Waals surface area contributed by atoms with E-state index in [2.05, 4.69) is 10.1 Å². The van der Waals surface area contributed by atoms with Gasteiger partial charge in [0.2, 0.25) is 0 Å². The third-order valence-electron chi connectivity index (χ3n) is 5.38. The molecule has 0 saturated heterocycles. The number of halogens is 1. The number of thiazole rings is 1. The van der Waals surface area contributed by atoms with Gasteiger partial charge in [0.05, 0.1) is 16.3 Å². The van der Waals surface area contributed by atoms with Gasteiger partial charge in [0, 0.05) is 35.6 Å². The zero-order valence-electron chi connectivity index (χ0n) is 18.0. The number of aromatic nitrogens is 3. The molecular formula is C26H19ClN4O2S. The largest absolute Gasteiger partial charge is 0.289 e. The van der Waals surface area contributed by atoms with Gasteiger partial charge in [-0.1, -0.05) is 71.5 Å². The van der Waals surface area contributed by atoms with Gasteiger partial charge in [0.1, 0.15) is 5.52 Å². The number of anilines is 1. The summed E-state index contributed by atoms with van der Waals surface area (Å²) >= 11 is 7.73. The van der Waals surface area contributed by atoms with E-state index in [0.29, 0.717) is 45.5 Å². The minimum absolute atomic E-state index is 0.0871. The Labute approximate surface area is 205 Å². The van der Waals surface area contributed by atoms with E-state index < -0.39 is 0 Å². The Morgan fingerprint density at radius 2 is 1.62 bits per heavy atom. The summed E-state index contributed by atoms with van der Waals surface area (Å²) in [6.45, 7) is 0.885. The number of hydrogen-bond acceptors (Lipinski definition) is 5. The molecule has 0 radical (unpaired) electrons. The quantitative estimate of drug-likeness (QED) is 0.276. The zero-order chi connectivity index (χ0) is 23.5. The van der Waals surface area contributed by atoms with E-state index in [1.54, 1.807) is 58.2 Å². The van der Waals surface area contributed by atoms with Crippen LogP contribution in [0.3, 0.4) is 0 Å². The standard InChI is InChI=1S/C26H19ClN4O2S/c27-21-8-4-9-22-23(21)29-26(34-22)31(17-16-30-15-5-14-28-30)25(33)20-12-10-19(11-13-20)24(32)18-6-2-1-3-7-18/h1-15H,16-17H2. The Kier molecular flexibility index (Phi) is 6.20. The molecule has 0 aliphatic heterocycles. The van der Waals surface area contributed by atoms with Crippen molar-refractivity contribution in [2.24, 2.45) is 0 Å². The van der Waals surface area contributed by atoms with Crippen LogP contribution in [0.15, 0.2) is 91.3 Å². The van der Waals surface area contributed by atoms with Crippen LogP contribution in [0.5, 0.6) is 0 Å². The molecule has 6 nitrogen and oxygen atoms in total. The summed E-state index contributed by atoms with van der Waals surface area (Å²) in [4.78, 5) is 32.6. The Morgan fingerprint density at radius 1 is 0.882 bits per heavy atom. The molecule has 0 aliphatic rings. The van der Waals surface area contributed by atoms with Crippen LogP contribution in [0.1, 0.15) is 26.3 Å². The van der Waals surface area contributed by atoms with Gasteiger partial charge < -0.3 is 0 Å². The second-order valence-electron chi connectivity index (χ2n) is 7.58. The minimum Gasteiger partial charge on any atom is -0.289 e. The maximum absolute atomic E-state index is 13.6. The van der Waals surface area contributed by atoms with E-state index in [9.17, 15) is 9.59 Å². The fourth-order valence-electron chi connectivity index (χ4n) is 3.61. The van der Waals surface area contributed by atoms with E-state index in [4.69, 9.17) is 11.6 Å². The lowest BCUT2D eigenvalue weighted by Gasteiger charge is -2.20. The molecule has 5 rings (SSSR count). The van der Waals surface area contributed by atoms with Crippen LogP contribution in [0, 0.1) is 0 Å². The molecule has 34 heavy (non-hydrogen) atoms. The second kappa shape index (κ2) is 9.59. The maximum atomic E-state index is 13.6. The average Bonchev–Trinajstić information content (AvgIpc) is 3.55. The molecule has 0 atom stereocenters. The van der Waals surface area contributed by atoms with Gasteiger partial charge in [-0.3, -0.25) is 19.2 Å². The lowest BCUT2D eigenvalue weighted by atomic mass is 10.0. The van der Waals surface area contributed by atoms with Gasteiger partial charge >= 0.3 is 0 Å². The monoisotopic (exact) mass is 486 g/mol. The van der Waals surface area contributed by atoms with Crippen molar-refractivity contribution in [2.45, 2.75) is 6.54 Å². The molecule has 0 unspecified atom stereocenters. The van der Waals surface area contributed by atoms with Crippen LogP contribution < -0.4 is 4.90 Å². The predicted octanol–water partition coefficient (Wildman–Crippen LogP) is 5.72. The molecule has 2 heterocycles. The van der Waals surface area contributed by atoms with Crippen LogP contribution in [0.2, 0.25) is 5.02 Å². The normalized spacial score (nSPS) is 11.0. The Morgan fingerprint density at radius 3 is 2.32 bits per heavy atom. The van der Waals surface area contributed by atoms with E-state index in [0.717, 1.165) is 4.70 Å². The summed E-state index contributed by atoms with van der Waals surface area (Å²) in [5.41, 5.74) is 2.27.